The molecule has 1 amide bonds. The van der Waals surface area contributed by atoms with Crippen molar-refractivity contribution in [3.63, 3.8) is 0 Å². The lowest BCUT2D eigenvalue weighted by Crippen LogP contribution is -2.38. The van der Waals surface area contributed by atoms with Crippen LogP contribution in [-0.2, 0) is 4.79 Å². The van der Waals surface area contributed by atoms with Crippen LogP contribution in [0.25, 0.3) is 0 Å². The van der Waals surface area contributed by atoms with E-state index in [0.717, 1.165) is 19.3 Å². The molecule has 0 saturated carbocycles. The number of carbonyl (C=O) groups excluding carboxylic acids is 1. The minimum Gasteiger partial charge on any atom is -0.411 e. The zero-order valence-electron chi connectivity index (χ0n) is 9.55. The molecular weight excluding hydrogens is 212 g/mol. The van der Waals surface area contributed by atoms with Crippen LogP contribution in [-0.4, -0.2) is 59.3 Å². The summed E-state index contributed by atoms with van der Waals surface area (Å²) in [5.74, 6) is -0.576. The zero-order chi connectivity index (χ0) is 12.4. The molecule has 0 radical (unpaired) electrons. The number of hydrogen-bond donors (Lipinski definition) is 3. The molecule has 7 heteroatoms. The van der Waals surface area contributed by atoms with E-state index in [0.29, 0.717) is 13.1 Å². The molecule has 0 aliphatic carbocycles. The molecule has 0 bridgehead atoms. The highest BCUT2D eigenvalue weighted by Gasteiger charge is 2.09. The number of oxime groups is 2. The number of carbonyl (C=O) groups is 1. The number of amides is 1. The van der Waals surface area contributed by atoms with Crippen LogP contribution >= 0.6 is 0 Å². The maximum absolute atomic E-state index is 11.3. The molecule has 0 aromatic carbocycles. The fraction of sp³-hybridized carbons (Fsp3) is 0.667. The Hall–Kier alpha value is -1.63. The Kier molecular flexibility index (Phi) is 7.78. The van der Waals surface area contributed by atoms with Gasteiger partial charge in [-0.05, 0) is 13.1 Å². The fourth-order valence-corrected chi connectivity index (χ4v) is 1.14. The fourth-order valence-electron chi connectivity index (χ4n) is 1.14. The summed E-state index contributed by atoms with van der Waals surface area (Å²) in [6.45, 7) is 7.04. The normalized spacial score (nSPS) is 12.3. The van der Waals surface area contributed by atoms with Crippen molar-refractivity contribution >= 4 is 17.8 Å². The van der Waals surface area contributed by atoms with Crippen molar-refractivity contribution in [2.75, 3.05) is 26.2 Å². The minimum atomic E-state index is -0.576. The number of nitrogens with zero attached hydrogens (tertiary/aromatic N) is 3. The maximum Gasteiger partial charge on any atom is 0.275 e. The third kappa shape index (κ3) is 5.30. The predicted molar refractivity (Wildman–Crippen MR) is 60.3 cm³/mol. The lowest BCUT2D eigenvalue weighted by atomic mass is 10.3. The summed E-state index contributed by atoms with van der Waals surface area (Å²) >= 11 is 0. The number of rotatable bonds is 7. The molecule has 0 aliphatic rings. The molecule has 0 heterocycles. The summed E-state index contributed by atoms with van der Waals surface area (Å²) in [7, 11) is 0. The molecule has 0 aromatic rings. The van der Waals surface area contributed by atoms with Crippen molar-refractivity contribution in [2.45, 2.75) is 13.8 Å². The van der Waals surface area contributed by atoms with E-state index in [1.165, 1.54) is 0 Å². The molecule has 0 aromatic heterocycles. The first kappa shape index (κ1) is 14.4. The van der Waals surface area contributed by atoms with Crippen LogP contribution in [0.15, 0.2) is 10.3 Å². The number of likely N-dealkylation sites (N-methyl/N-ethyl adjacent to an activating group) is 1. The Morgan fingerprint density at radius 1 is 1.38 bits per heavy atom. The molecule has 0 saturated heterocycles. The van der Waals surface area contributed by atoms with Crippen LogP contribution in [0, 0.1) is 0 Å². The van der Waals surface area contributed by atoms with E-state index >= 15 is 0 Å². The lowest BCUT2D eigenvalue weighted by Gasteiger charge is -2.17. The number of hydrogen-bond acceptors (Lipinski definition) is 6. The van der Waals surface area contributed by atoms with Gasteiger partial charge in [-0.1, -0.05) is 24.2 Å². The predicted octanol–water partition coefficient (Wildman–Crippen LogP) is -0.265. The lowest BCUT2D eigenvalue weighted by molar-refractivity contribution is -0.114. The molecule has 0 aliphatic heterocycles. The quantitative estimate of drug-likeness (QED) is 0.319. The van der Waals surface area contributed by atoms with Crippen LogP contribution in [0.1, 0.15) is 13.8 Å². The Labute approximate surface area is 94.4 Å². The summed E-state index contributed by atoms with van der Waals surface area (Å²) in [5, 5.41) is 24.5. The van der Waals surface area contributed by atoms with Crippen molar-refractivity contribution in [3.05, 3.63) is 0 Å². The largest absolute Gasteiger partial charge is 0.411 e. The zero-order valence-corrected chi connectivity index (χ0v) is 9.55. The Bertz CT molecular complexity index is 261. The molecule has 7 nitrogen and oxygen atoms in total. The molecule has 0 atom stereocenters. The summed E-state index contributed by atoms with van der Waals surface area (Å²) < 4.78 is 0. The number of nitrogens with one attached hydrogen (secondary N) is 1. The molecule has 92 valence electrons. The van der Waals surface area contributed by atoms with Crippen LogP contribution in [0.4, 0.5) is 0 Å². The van der Waals surface area contributed by atoms with Gasteiger partial charge in [0.05, 0.1) is 0 Å². The molecule has 0 spiro atoms. The van der Waals surface area contributed by atoms with Gasteiger partial charge in [-0.3, -0.25) is 4.79 Å². The van der Waals surface area contributed by atoms with Gasteiger partial charge in [0.1, 0.15) is 6.21 Å². The molecule has 16 heavy (non-hydrogen) atoms. The van der Waals surface area contributed by atoms with E-state index < -0.39 is 5.91 Å². The van der Waals surface area contributed by atoms with Gasteiger partial charge in [-0.25, -0.2) is 0 Å². The van der Waals surface area contributed by atoms with Gasteiger partial charge in [-0.15, -0.1) is 0 Å². The monoisotopic (exact) mass is 230 g/mol. The molecular formula is C9H18N4O3. The van der Waals surface area contributed by atoms with Crippen molar-refractivity contribution < 1.29 is 15.2 Å². The first-order chi connectivity index (χ1) is 7.69. The second-order valence-corrected chi connectivity index (χ2v) is 3.01. The average Bonchev–Trinajstić information content (AvgIpc) is 2.31. The highest BCUT2D eigenvalue weighted by molar-refractivity contribution is 6.60. The molecule has 0 rings (SSSR count). The molecule has 3 N–H and O–H groups in total. The Morgan fingerprint density at radius 2 is 2.00 bits per heavy atom. The van der Waals surface area contributed by atoms with Crippen molar-refractivity contribution in [2.24, 2.45) is 10.3 Å². The van der Waals surface area contributed by atoms with Crippen LogP contribution in [0.2, 0.25) is 0 Å². The average molecular weight is 230 g/mol. The van der Waals surface area contributed by atoms with Crippen molar-refractivity contribution in [1.82, 2.24) is 10.2 Å². The summed E-state index contributed by atoms with van der Waals surface area (Å²) in [6, 6.07) is 0. The Morgan fingerprint density at radius 3 is 2.44 bits per heavy atom. The maximum atomic E-state index is 11.3. The van der Waals surface area contributed by atoms with Gasteiger partial charge in [0.2, 0.25) is 0 Å². The van der Waals surface area contributed by atoms with Gasteiger partial charge >= 0.3 is 0 Å². The standard InChI is InChI=1S/C9H18N4O3/c1-3-13(4-2)6-5-10-9(14)8(12-16)7-11-15/h7,15-16H,3-6H2,1-2H3,(H,10,14)/b11-7+,12-8-. The van der Waals surface area contributed by atoms with E-state index in [-0.39, 0.29) is 5.71 Å². The van der Waals surface area contributed by atoms with Gasteiger partial charge in [0.25, 0.3) is 5.91 Å². The van der Waals surface area contributed by atoms with E-state index in [2.05, 4.69) is 20.5 Å². The summed E-state index contributed by atoms with van der Waals surface area (Å²) in [4.78, 5) is 13.4. The van der Waals surface area contributed by atoms with E-state index in [9.17, 15) is 4.79 Å². The van der Waals surface area contributed by atoms with Crippen LogP contribution < -0.4 is 5.32 Å². The second-order valence-electron chi connectivity index (χ2n) is 3.01. The summed E-state index contributed by atoms with van der Waals surface area (Å²) in [5.41, 5.74) is -0.331. The first-order valence-electron chi connectivity index (χ1n) is 5.09. The van der Waals surface area contributed by atoms with Crippen LogP contribution in [0.5, 0.6) is 0 Å². The highest BCUT2D eigenvalue weighted by Crippen LogP contribution is 1.84. The van der Waals surface area contributed by atoms with Crippen molar-refractivity contribution in [3.8, 4) is 0 Å². The topological polar surface area (TPSA) is 97.5 Å². The van der Waals surface area contributed by atoms with Gasteiger partial charge < -0.3 is 20.6 Å². The van der Waals surface area contributed by atoms with E-state index in [4.69, 9.17) is 10.4 Å². The first-order valence-corrected chi connectivity index (χ1v) is 5.09. The Balaban J connectivity index is 3.97. The SMILES string of the molecule is CCN(CC)CCNC(=O)C(/C=N/O)=N\O. The summed E-state index contributed by atoms with van der Waals surface area (Å²) in [6.07, 6.45) is 0.771. The van der Waals surface area contributed by atoms with E-state index in [1.807, 2.05) is 13.8 Å². The second kappa shape index (κ2) is 8.66. The van der Waals surface area contributed by atoms with Gasteiger partial charge in [-0.2, -0.15) is 0 Å². The van der Waals surface area contributed by atoms with Gasteiger partial charge in [0.15, 0.2) is 5.71 Å². The minimum absolute atomic E-state index is 0.331. The highest BCUT2D eigenvalue weighted by atomic mass is 16.4. The molecule has 0 fully saturated rings. The van der Waals surface area contributed by atoms with Gasteiger partial charge in [0, 0.05) is 13.1 Å². The third-order valence-corrected chi connectivity index (χ3v) is 2.13. The van der Waals surface area contributed by atoms with E-state index in [1.54, 1.807) is 0 Å². The third-order valence-electron chi connectivity index (χ3n) is 2.13. The smallest absolute Gasteiger partial charge is 0.275 e. The molecule has 0 unspecified atom stereocenters. The van der Waals surface area contributed by atoms with Crippen molar-refractivity contribution in [1.29, 1.82) is 0 Å². The van der Waals surface area contributed by atoms with Crippen LogP contribution in [0.3, 0.4) is 0 Å².